The van der Waals surface area contributed by atoms with E-state index in [4.69, 9.17) is 0 Å². The Bertz CT molecular complexity index is 850. The minimum atomic E-state index is -0.563. The van der Waals surface area contributed by atoms with Gasteiger partial charge < -0.3 is 0 Å². The molecule has 0 bridgehead atoms. The van der Waals surface area contributed by atoms with Crippen molar-refractivity contribution >= 4 is 0 Å². The number of halogens is 3. The zero-order valence-electron chi connectivity index (χ0n) is 21.2. The molecule has 4 aliphatic carbocycles. The molecule has 0 N–H and O–H groups in total. The van der Waals surface area contributed by atoms with E-state index in [2.05, 4.69) is 32.1 Å². The first-order valence-corrected chi connectivity index (χ1v) is 14.0. The molecule has 1 saturated carbocycles. The molecule has 4 atom stereocenters. The maximum Gasteiger partial charge on any atom is 0.158 e. The summed E-state index contributed by atoms with van der Waals surface area (Å²) in [6.45, 7) is 4.34. The summed E-state index contributed by atoms with van der Waals surface area (Å²) in [6, 6.07) is 0. The van der Waals surface area contributed by atoms with Crippen molar-refractivity contribution in [3.8, 4) is 0 Å². The van der Waals surface area contributed by atoms with Crippen LogP contribution in [0.4, 0.5) is 13.2 Å². The second-order valence-electron chi connectivity index (χ2n) is 11.2. The Kier molecular flexibility index (Phi) is 8.99. The highest BCUT2D eigenvalue weighted by atomic mass is 19.2. The van der Waals surface area contributed by atoms with E-state index in [9.17, 15) is 4.39 Å². The highest BCUT2D eigenvalue weighted by Gasteiger charge is 2.34. The summed E-state index contributed by atoms with van der Waals surface area (Å²) in [6.07, 6.45) is 23.0. The zero-order valence-corrected chi connectivity index (χ0v) is 21.2. The van der Waals surface area contributed by atoms with Crippen LogP contribution in [0, 0.1) is 35.5 Å². The predicted octanol–water partition coefficient (Wildman–Crippen LogP) is 10.3. The summed E-state index contributed by atoms with van der Waals surface area (Å²) >= 11 is 0. The first kappa shape index (κ1) is 25.6. The fourth-order valence-corrected chi connectivity index (χ4v) is 6.71. The average molecular weight is 473 g/mol. The van der Waals surface area contributed by atoms with Gasteiger partial charge in [-0.05, 0) is 106 Å². The summed E-state index contributed by atoms with van der Waals surface area (Å²) in [5, 5.41) is 0. The Labute approximate surface area is 205 Å². The minimum Gasteiger partial charge on any atom is -0.212 e. The third-order valence-corrected chi connectivity index (χ3v) is 9.08. The van der Waals surface area contributed by atoms with Crippen molar-refractivity contribution in [3.63, 3.8) is 0 Å². The lowest BCUT2D eigenvalue weighted by Gasteiger charge is -2.33. The van der Waals surface area contributed by atoms with Gasteiger partial charge in [-0.2, -0.15) is 0 Å². The molecule has 4 aliphatic rings. The molecule has 0 spiro atoms. The topological polar surface area (TPSA) is 0 Å². The van der Waals surface area contributed by atoms with Crippen molar-refractivity contribution in [2.75, 3.05) is 0 Å². The van der Waals surface area contributed by atoms with Crippen molar-refractivity contribution in [3.05, 3.63) is 59.0 Å². The zero-order chi connectivity index (χ0) is 24.1. The van der Waals surface area contributed by atoms with Crippen LogP contribution >= 0.6 is 0 Å². The van der Waals surface area contributed by atoms with Crippen LogP contribution in [0.15, 0.2) is 59.0 Å². The Balaban J connectivity index is 1.28. The molecule has 0 heterocycles. The number of hydrogen-bond donors (Lipinski definition) is 0. The fourth-order valence-electron chi connectivity index (χ4n) is 6.71. The molecule has 0 radical (unpaired) electrons. The van der Waals surface area contributed by atoms with Gasteiger partial charge in [0.2, 0.25) is 0 Å². The number of allylic oxidation sites excluding steroid dienone is 10. The lowest BCUT2D eigenvalue weighted by molar-refractivity contribution is 0.282. The normalized spacial score (nSPS) is 34.6. The van der Waals surface area contributed by atoms with E-state index >= 15 is 8.78 Å². The molecule has 1 fully saturated rings. The van der Waals surface area contributed by atoms with Crippen LogP contribution in [0.2, 0.25) is 0 Å². The predicted molar refractivity (Wildman–Crippen MR) is 136 cm³/mol. The second-order valence-corrected chi connectivity index (χ2v) is 11.2. The van der Waals surface area contributed by atoms with Gasteiger partial charge in [0.25, 0.3) is 0 Å². The molecule has 0 nitrogen and oxygen atoms in total. The summed E-state index contributed by atoms with van der Waals surface area (Å²) in [7, 11) is 0. The lowest BCUT2D eigenvalue weighted by Crippen LogP contribution is -2.22. The van der Waals surface area contributed by atoms with Crippen LogP contribution < -0.4 is 0 Å². The van der Waals surface area contributed by atoms with E-state index in [1.165, 1.54) is 12.0 Å². The first-order valence-electron chi connectivity index (χ1n) is 14.0. The van der Waals surface area contributed by atoms with E-state index in [-0.39, 0.29) is 29.5 Å². The molecule has 4 rings (SSSR count). The SMILES string of the molecule is CCCC1CCC(CCC2=CCC(C3CC=C(C4CCC(CC)CC4)C(F)=C3F)C=C2)C=C1F. The standard InChI is InChI=1S/C31H43F3/c1-3-5-26-17-12-23(20-29(26)32)7-6-22-10-15-25(16-11-22)28-19-18-27(30(33)31(28)34)24-13-8-21(4-2)9-14-24/h10-11,15,18,20-21,23-26,28H,3-9,12-14,16-17,19H2,1-2H3. The van der Waals surface area contributed by atoms with Gasteiger partial charge in [-0.25, -0.2) is 13.2 Å². The molecule has 0 aliphatic heterocycles. The van der Waals surface area contributed by atoms with Crippen LogP contribution in [0.1, 0.15) is 97.3 Å². The number of rotatable bonds is 8. The van der Waals surface area contributed by atoms with E-state index in [0.29, 0.717) is 17.9 Å². The summed E-state index contributed by atoms with van der Waals surface area (Å²) in [5.74, 6) is 0.0557. The third-order valence-electron chi connectivity index (χ3n) is 9.08. The highest BCUT2D eigenvalue weighted by molar-refractivity contribution is 5.37. The monoisotopic (exact) mass is 472 g/mol. The van der Waals surface area contributed by atoms with Gasteiger partial charge in [0.05, 0.1) is 5.83 Å². The lowest BCUT2D eigenvalue weighted by atomic mass is 9.73. The summed E-state index contributed by atoms with van der Waals surface area (Å²) < 4.78 is 44.5. The minimum absolute atomic E-state index is 0.0185. The van der Waals surface area contributed by atoms with Crippen LogP contribution in [0.25, 0.3) is 0 Å². The van der Waals surface area contributed by atoms with Gasteiger partial charge in [0, 0.05) is 11.8 Å². The molecule has 3 heteroatoms. The molecule has 0 aromatic rings. The Morgan fingerprint density at radius 3 is 2.32 bits per heavy atom. The fraction of sp³-hybridized carbons (Fsp3) is 0.677. The smallest absolute Gasteiger partial charge is 0.158 e. The molecule has 0 aromatic carbocycles. The molecule has 34 heavy (non-hydrogen) atoms. The maximum absolute atomic E-state index is 15.2. The Morgan fingerprint density at radius 2 is 1.68 bits per heavy atom. The van der Waals surface area contributed by atoms with Crippen molar-refractivity contribution in [1.29, 1.82) is 0 Å². The van der Waals surface area contributed by atoms with Crippen molar-refractivity contribution < 1.29 is 13.2 Å². The number of hydrogen-bond acceptors (Lipinski definition) is 0. The van der Waals surface area contributed by atoms with E-state index in [0.717, 1.165) is 76.5 Å². The van der Waals surface area contributed by atoms with Gasteiger partial charge in [0.15, 0.2) is 5.83 Å². The highest BCUT2D eigenvalue weighted by Crippen LogP contribution is 2.45. The molecular formula is C31H43F3. The maximum atomic E-state index is 15.2. The second kappa shape index (κ2) is 12.0. The van der Waals surface area contributed by atoms with E-state index in [1.807, 2.05) is 12.2 Å². The molecule has 0 aromatic heterocycles. The third kappa shape index (κ3) is 6.00. The molecular weight excluding hydrogens is 429 g/mol. The van der Waals surface area contributed by atoms with Gasteiger partial charge in [-0.1, -0.05) is 56.6 Å². The van der Waals surface area contributed by atoms with Crippen molar-refractivity contribution in [1.82, 2.24) is 0 Å². The van der Waals surface area contributed by atoms with Gasteiger partial charge in [-0.3, -0.25) is 0 Å². The average Bonchev–Trinajstić information content (AvgIpc) is 2.86. The van der Waals surface area contributed by atoms with Crippen LogP contribution in [0.3, 0.4) is 0 Å². The quantitative estimate of drug-likeness (QED) is 0.329. The van der Waals surface area contributed by atoms with Crippen LogP contribution in [0.5, 0.6) is 0 Å². The van der Waals surface area contributed by atoms with Crippen molar-refractivity contribution in [2.45, 2.75) is 97.3 Å². The Morgan fingerprint density at radius 1 is 0.882 bits per heavy atom. The first-order chi connectivity index (χ1) is 16.5. The molecule has 0 saturated heterocycles. The molecule has 188 valence electrons. The largest absolute Gasteiger partial charge is 0.212 e. The van der Waals surface area contributed by atoms with E-state index < -0.39 is 11.7 Å². The summed E-state index contributed by atoms with van der Waals surface area (Å²) in [5.41, 5.74) is 1.90. The molecule has 0 amide bonds. The van der Waals surface area contributed by atoms with Gasteiger partial charge in [-0.15, -0.1) is 0 Å². The van der Waals surface area contributed by atoms with Crippen molar-refractivity contribution in [2.24, 2.45) is 35.5 Å². The van der Waals surface area contributed by atoms with Crippen LogP contribution in [-0.2, 0) is 0 Å². The summed E-state index contributed by atoms with van der Waals surface area (Å²) in [4.78, 5) is 0. The van der Waals surface area contributed by atoms with Crippen LogP contribution in [-0.4, -0.2) is 0 Å². The van der Waals surface area contributed by atoms with E-state index in [1.54, 1.807) is 0 Å². The van der Waals surface area contributed by atoms with Gasteiger partial charge >= 0.3 is 0 Å². The Hall–Kier alpha value is -1.51. The van der Waals surface area contributed by atoms with Gasteiger partial charge in [0.1, 0.15) is 5.83 Å². The molecule has 4 unspecified atom stereocenters.